The zero-order valence-corrected chi connectivity index (χ0v) is 9.93. The van der Waals surface area contributed by atoms with Crippen molar-refractivity contribution in [1.82, 2.24) is 5.43 Å². The van der Waals surface area contributed by atoms with Crippen LogP contribution in [0.25, 0.3) is 0 Å². The molecule has 0 saturated heterocycles. The molecule has 1 aliphatic carbocycles. The van der Waals surface area contributed by atoms with Gasteiger partial charge in [-0.05, 0) is 42.9 Å². The fourth-order valence-corrected chi connectivity index (χ4v) is 2.30. The number of benzene rings is 1. The van der Waals surface area contributed by atoms with E-state index in [1.807, 2.05) is 6.07 Å². The third kappa shape index (κ3) is 2.77. The molecule has 2 nitrogen and oxygen atoms in total. The first-order chi connectivity index (χ1) is 7.20. The quantitative estimate of drug-likeness (QED) is 0.653. The maximum atomic E-state index is 12.9. The van der Waals surface area contributed by atoms with Crippen molar-refractivity contribution in [3.63, 3.8) is 0 Å². The van der Waals surface area contributed by atoms with Gasteiger partial charge in [-0.25, -0.2) is 4.39 Å². The molecule has 0 aliphatic heterocycles. The summed E-state index contributed by atoms with van der Waals surface area (Å²) in [6.07, 6.45) is 3.34. The van der Waals surface area contributed by atoms with Crippen LogP contribution in [-0.2, 0) is 6.42 Å². The molecule has 2 rings (SSSR count). The Hall–Kier alpha value is -0.450. The molecule has 0 spiro atoms. The Bertz CT molecular complexity index is 352. The molecule has 1 unspecified atom stereocenters. The summed E-state index contributed by atoms with van der Waals surface area (Å²) in [6.45, 7) is 0. The number of hydrazine groups is 1. The molecule has 82 valence electrons. The van der Waals surface area contributed by atoms with Crippen LogP contribution in [0.5, 0.6) is 0 Å². The van der Waals surface area contributed by atoms with E-state index >= 15 is 0 Å². The summed E-state index contributed by atoms with van der Waals surface area (Å²) in [4.78, 5) is 0. The van der Waals surface area contributed by atoms with Crippen molar-refractivity contribution in [3.05, 3.63) is 34.1 Å². The summed E-state index contributed by atoms with van der Waals surface area (Å²) >= 11 is 3.37. The van der Waals surface area contributed by atoms with Crippen molar-refractivity contribution in [1.29, 1.82) is 0 Å². The van der Waals surface area contributed by atoms with Crippen molar-refractivity contribution in [2.75, 3.05) is 0 Å². The summed E-state index contributed by atoms with van der Waals surface area (Å²) in [6, 6.07) is 5.11. The molecular weight excluding hydrogens is 259 g/mol. The van der Waals surface area contributed by atoms with E-state index in [-0.39, 0.29) is 5.82 Å². The molecule has 4 heteroatoms. The fraction of sp³-hybridized carbons (Fsp3) is 0.455. The summed E-state index contributed by atoms with van der Waals surface area (Å²) in [7, 11) is 0. The first kappa shape index (κ1) is 11.0. The van der Waals surface area contributed by atoms with E-state index in [2.05, 4.69) is 21.4 Å². The minimum atomic E-state index is -0.214. The van der Waals surface area contributed by atoms with Crippen LogP contribution in [0.2, 0.25) is 0 Å². The smallest absolute Gasteiger partial charge is 0.124 e. The fourth-order valence-electron chi connectivity index (χ4n) is 1.78. The van der Waals surface area contributed by atoms with Crippen LogP contribution in [-0.4, -0.2) is 6.04 Å². The second kappa shape index (κ2) is 4.60. The highest BCUT2D eigenvalue weighted by atomic mass is 79.9. The van der Waals surface area contributed by atoms with Gasteiger partial charge >= 0.3 is 0 Å². The molecule has 0 heterocycles. The van der Waals surface area contributed by atoms with Crippen LogP contribution in [0.4, 0.5) is 4.39 Å². The van der Waals surface area contributed by atoms with Gasteiger partial charge in [0, 0.05) is 10.5 Å². The highest BCUT2D eigenvalue weighted by molar-refractivity contribution is 9.10. The molecule has 3 N–H and O–H groups in total. The Labute approximate surface area is 97.1 Å². The standard InChI is InChI=1S/C11H14BrFN2/c12-10-6-9(13)4-3-8(10)5-11(15-14)7-1-2-7/h3-4,6-7,11,15H,1-2,5,14H2. The predicted octanol–water partition coefficient (Wildman–Crippen LogP) is 2.37. The van der Waals surface area contributed by atoms with Gasteiger partial charge in [-0.15, -0.1) is 0 Å². The number of halogens is 2. The third-order valence-corrected chi connectivity index (χ3v) is 3.60. The molecule has 1 aliphatic rings. The molecule has 15 heavy (non-hydrogen) atoms. The minimum absolute atomic E-state index is 0.214. The van der Waals surface area contributed by atoms with Gasteiger partial charge in [-0.1, -0.05) is 22.0 Å². The molecule has 1 aromatic carbocycles. The Balaban J connectivity index is 2.08. The van der Waals surface area contributed by atoms with Gasteiger partial charge < -0.3 is 0 Å². The van der Waals surface area contributed by atoms with E-state index in [1.54, 1.807) is 0 Å². The molecule has 0 radical (unpaired) electrons. The first-order valence-electron chi connectivity index (χ1n) is 5.10. The van der Waals surface area contributed by atoms with Crippen LogP contribution in [0.1, 0.15) is 18.4 Å². The molecule has 1 saturated carbocycles. The molecule has 0 bridgehead atoms. The third-order valence-electron chi connectivity index (χ3n) is 2.86. The summed E-state index contributed by atoms with van der Waals surface area (Å²) in [5, 5.41) is 0. The van der Waals surface area contributed by atoms with Crippen molar-refractivity contribution >= 4 is 15.9 Å². The highest BCUT2D eigenvalue weighted by Gasteiger charge is 2.30. The lowest BCUT2D eigenvalue weighted by atomic mass is 10.0. The van der Waals surface area contributed by atoms with Gasteiger partial charge in [-0.3, -0.25) is 11.3 Å². The Kier molecular flexibility index (Phi) is 3.38. The van der Waals surface area contributed by atoms with Crippen LogP contribution in [0.15, 0.2) is 22.7 Å². The molecule has 0 amide bonds. The second-order valence-corrected chi connectivity index (χ2v) is 4.90. The lowest BCUT2D eigenvalue weighted by Crippen LogP contribution is -2.38. The van der Waals surface area contributed by atoms with Crippen molar-refractivity contribution in [3.8, 4) is 0 Å². The maximum absolute atomic E-state index is 12.9. The Morgan fingerprint density at radius 2 is 2.27 bits per heavy atom. The number of hydrogen-bond donors (Lipinski definition) is 2. The van der Waals surface area contributed by atoms with E-state index < -0.39 is 0 Å². The largest absolute Gasteiger partial charge is 0.271 e. The predicted molar refractivity (Wildman–Crippen MR) is 61.6 cm³/mol. The SMILES string of the molecule is NNC(Cc1ccc(F)cc1Br)C1CC1. The van der Waals surface area contributed by atoms with E-state index in [0.29, 0.717) is 12.0 Å². The number of hydrogen-bond acceptors (Lipinski definition) is 2. The van der Waals surface area contributed by atoms with E-state index in [4.69, 9.17) is 5.84 Å². The van der Waals surface area contributed by atoms with E-state index in [9.17, 15) is 4.39 Å². The van der Waals surface area contributed by atoms with Gasteiger partial charge in [0.15, 0.2) is 0 Å². The maximum Gasteiger partial charge on any atom is 0.124 e. The van der Waals surface area contributed by atoms with E-state index in [0.717, 1.165) is 16.5 Å². The van der Waals surface area contributed by atoms with Crippen molar-refractivity contribution < 1.29 is 4.39 Å². The first-order valence-corrected chi connectivity index (χ1v) is 5.90. The topological polar surface area (TPSA) is 38.0 Å². The minimum Gasteiger partial charge on any atom is -0.271 e. The lowest BCUT2D eigenvalue weighted by Gasteiger charge is -2.15. The molecular formula is C11H14BrFN2. The highest BCUT2D eigenvalue weighted by Crippen LogP contribution is 2.34. The lowest BCUT2D eigenvalue weighted by molar-refractivity contribution is 0.471. The van der Waals surface area contributed by atoms with E-state index in [1.165, 1.54) is 25.0 Å². The van der Waals surface area contributed by atoms with Crippen molar-refractivity contribution in [2.45, 2.75) is 25.3 Å². The van der Waals surface area contributed by atoms with Gasteiger partial charge in [0.2, 0.25) is 0 Å². The van der Waals surface area contributed by atoms with Crippen LogP contribution in [0.3, 0.4) is 0 Å². The second-order valence-electron chi connectivity index (χ2n) is 4.05. The average molecular weight is 273 g/mol. The summed E-state index contributed by atoms with van der Waals surface area (Å²) in [5.74, 6) is 5.98. The average Bonchev–Trinajstić information content (AvgIpc) is 3.00. The zero-order chi connectivity index (χ0) is 10.8. The molecule has 1 aromatic rings. The number of rotatable bonds is 4. The Morgan fingerprint density at radius 1 is 1.53 bits per heavy atom. The zero-order valence-electron chi connectivity index (χ0n) is 8.34. The Morgan fingerprint density at radius 3 is 2.80 bits per heavy atom. The van der Waals surface area contributed by atoms with Gasteiger partial charge in [0.25, 0.3) is 0 Å². The van der Waals surface area contributed by atoms with Gasteiger partial charge in [0.1, 0.15) is 5.82 Å². The van der Waals surface area contributed by atoms with Crippen LogP contribution in [0, 0.1) is 11.7 Å². The normalized spacial score (nSPS) is 17.8. The summed E-state index contributed by atoms with van der Waals surface area (Å²) in [5.41, 5.74) is 3.94. The van der Waals surface area contributed by atoms with Crippen LogP contribution < -0.4 is 11.3 Å². The number of nitrogens with one attached hydrogen (secondary N) is 1. The molecule has 1 fully saturated rings. The van der Waals surface area contributed by atoms with Gasteiger partial charge in [-0.2, -0.15) is 0 Å². The van der Waals surface area contributed by atoms with Crippen molar-refractivity contribution in [2.24, 2.45) is 11.8 Å². The van der Waals surface area contributed by atoms with Crippen LogP contribution >= 0.6 is 15.9 Å². The molecule has 0 aromatic heterocycles. The number of nitrogens with two attached hydrogens (primary N) is 1. The van der Waals surface area contributed by atoms with Gasteiger partial charge in [0.05, 0.1) is 0 Å². The molecule has 1 atom stereocenters. The monoisotopic (exact) mass is 272 g/mol. The summed E-state index contributed by atoms with van der Waals surface area (Å²) < 4.78 is 13.7.